The Morgan fingerprint density at radius 3 is 2.38 bits per heavy atom. The Balaban J connectivity index is 2.13. The summed E-state index contributed by atoms with van der Waals surface area (Å²) in [7, 11) is 0. The van der Waals surface area contributed by atoms with E-state index in [2.05, 4.69) is 17.0 Å². The van der Waals surface area contributed by atoms with Gasteiger partial charge in [-0.3, -0.25) is 4.79 Å². The van der Waals surface area contributed by atoms with Gasteiger partial charge in [-0.1, -0.05) is 31.2 Å². The van der Waals surface area contributed by atoms with Crippen LogP contribution in [0.3, 0.4) is 0 Å². The Morgan fingerprint density at radius 1 is 1.19 bits per heavy atom. The first-order valence-electron chi connectivity index (χ1n) is 6.89. The van der Waals surface area contributed by atoms with Gasteiger partial charge in [0.25, 0.3) is 0 Å². The highest BCUT2D eigenvalue weighted by Gasteiger charge is 2.27. The molecule has 0 heterocycles. The molecule has 0 aromatic heterocycles. The molecular weight excluding hydrogens is 283 g/mol. The van der Waals surface area contributed by atoms with Crippen molar-refractivity contribution in [2.75, 3.05) is 19.8 Å². The molecule has 0 unspecified atom stereocenters. The van der Waals surface area contributed by atoms with Crippen molar-refractivity contribution in [3.8, 4) is 0 Å². The van der Waals surface area contributed by atoms with Gasteiger partial charge in [-0.2, -0.15) is 13.2 Å². The zero-order chi connectivity index (χ0) is 15.7. The fourth-order valence-corrected chi connectivity index (χ4v) is 1.74. The molecule has 0 aliphatic rings. The number of halogens is 3. The number of ether oxygens (including phenoxy) is 1. The first-order chi connectivity index (χ1) is 9.90. The Morgan fingerprint density at radius 2 is 1.81 bits per heavy atom. The summed E-state index contributed by atoms with van der Waals surface area (Å²) in [5.74, 6) is -0.190. The second-order valence-corrected chi connectivity index (χ2v) is 4.69. The third-order valence-electron chi connectivity index (χ3n) is 2.91. The van der Waals surface area contributed by atoms with Crippen molar-refractivity contribution in [1.29, 1.82) is 0 Å². The summed E-state index contributed by atoms with van der Waals surface area (Å²) >= 11 is 0. The van der Waals surface area contributed by atoms with E-state index in [1.807, 2.05) is 24.3 Å². The van der Waals surface area contributed by atoms with E-state index in [4.69, 9.17) is 0 Å². The lowest BCUT2D eigenvalue weighted by Crippen LogP contribution is -2.29. The topological polar surface area (TPSA) is 38.3 Å². The van der Waals surface area contributed by atoms with Gasteiger partial charge in [0, 0.05) is 13.0 Å². The summed E-state index contributed by atoms with van der Waals surface area (Å²) < 4.78 is 39.8. The molecule has 0 saturated carbocycles. The van der Waals surface area contributed by atoms with E-state index in [-0.39, 0.29) is 19.1 Å². The van der Waals surface area contributed by atoms with E-state index in [1.54, 1.807) is 0 Å². The molecule has 0 saturated heterocycles. The summed E-state index contributed by atoms with van der Waals surface area (Å²) in [4.78, 5) is 11.5. The molecule has 0 radical (unpaired) electrons. The second-order valence-electron chi connectivity index (χ2n) is 4.69. The molecular formula is C15H20F3NO2. The van der Waals surface area contributed by atoms with Gasteiger partial charge in [-0.15, -0.1) is 0 Å². The maximum atomic E-state index is 11.8. The fourth-order valence-electron chi connectivity index (χ4n) is 1.74. The molecule has 0 aliphatic heterocycles. The number of aryl methyl sites for hydroxylation is 2. The minimum atomic E-state index is -4.32. The lowest BCUT2D eigenvalue weighted by Gasteiger charge is -2.08. The maximum absolute atomic E-state index is 11.8. The van der Waals surface area contributed by atoms with Crippen molar-refractivity contribution in [2.24, 2.45) is 0 Å². The minimum absolute atomic E-state index is 0.0870. The fraction of sp³-hybridized carbons (Fsp3) is 0.533. The number of carbonyl (C=O) groups excluding carboxylic acids is 1. The van der Waals surface area contributed by atoms with Crippen molar-refractivity contribution in [3.63, 3.8) is 0 Å². The number of alkyl halides is 3. The van der Waals surface area contributed by atoms with Crippen LogP contribution in [0.4, 0.5) is 13.2 Å². The number of hydrogen-bond acceptors (Lipinski definition) is 2. The summed E-state index contributed by atoms with van der Waals surface area (Å²) in [6.45, 7) is 0.732. The average molecular weight is 303 g/mol. The third-order valence-corrected chi connectivity index (χ3v) is 2.91. The van der Waals surface area contributed by atoms with Gasteiger partial charge >= 0.3 is 6.18 Å². The normalized spacial score (nSPS) is 11.4. The number of rotatable bonds is 8. The first kappa shape index (κ1) is 17.5. The van der Waals surface area contributed by atoms with Gasteiger partial charge in [-0.25, -0.2) is 0 Å². The number of carbonyl (C=O) groups is 1. The average Bonchev–Trinajstić information content (AvgIpc) is 2.44. The molecule has 0 aliphatic carbocycles. The molecule has 0 spiro atoms. The molecule has 6 heteroatoms. The molecule has 0 bridgehead atoms. The van der Waals surface area contributed by atoms with Gasteiger partial charge in [0.15, 0.2) is 0 Å². The van der Waals surface area contributed by atoms with Crippen molar-refractivity contribution in [3.05, 3.63) is 35.4 Å². The van der Waals surface area contributed by atoms with E-state index in [0.717, 1.165) is 12.0 Å². The van der Waals surface area contributed by atoms with Crippen LogP contribution < -0.4 is 5.32 Å². The van der Waals surface area contributed by atoms with Gasteiger partial charge in [-0.05, 0) is 24.0 Å². The Kier molecular flexibility index (Phi) is 7.22. The number of amides is 1. The molecule has 3 nitrogen and oxygen atoms in total. The monoisotopic (exact) mass is 303 g/mol. The first-order valence-corrected chi connectivity index (χ1v) is 6.89. The van der Waals surface area contributed by atoms with Gasteiger partial charge in [0.05, 0.1) is 6.61 Å². The molecule has 0 fully saturated rings. The predicted molar refractivity (Wildman–Crippen MR) is 74.0 cm³/mol. The van der Waals surface area contributed by atoms with Crippen molar-refractivity contribution >= 4 is 5.91 Å². The van der Waals surface area contributed by atoms with Gasteiger partial charge in [0.1, 0.15) is 6.61 Å². The van der Waals surface area contributed by atoms with Crippen LogP contribution in [0.2, 0.25) is 0 Å². The molecule has 1 N–H and O–H groups in total. The van der Waals surface area contributed by atoms with E-state index < -0.39 is 12.8 Å². The van der Waals surface area contributed by atoms with Gasteiger partial charge in [0.2, 0.25) is 5.91 Å². The molecule has 1 amide bonds. The molecule has 1 aromatic carbocycles. The van der Waals surface area contributed by atoms with Gasteiger partial charge < -0.3 is 10.1 Å². The lowest BCUT2D eigenvalue weighted by molar-refractivity contribution is -0.173. The molecule has 1 aromatic rings. The third kappa shape index (κ3) is 8.34. The van der Waals surface area contributed by atoms with Crippen LogP contribution >= 0.6 is 0 Å². The van der Waals surface area contributed by atoms with Crippen LogP contribution in [-0.4, -0.2) is 31.8 Å². The van der Waals surface area contributed by atoms with E-state index in [1.165, 1.54) is 5.56 Å². The number of benzene rings is 1. The Hall–Kier alpha value is -1.56. The van der Waals surface area contributed by atoms with Crippen LogP contribution in [0.1, 0.15) is 24.5 Å². The number of nitrogens with one attached hydrogen (secondary N) is 1. The van der Waals surface area contributed by atoms with Crippen molar-refractivity contribution in [1.82, 2.24) is 5.32 Å². The molecule has 0 atom stereocenters. The largest absolute Gasteiger partial charge is 0.411 e. The van der Waals surface area contributed by atoms with Crippen LogP contribution in [0.25, 0.3) is 0 Å². The lowest BCUT2D eigenvalue weighted by atomic mass is 10.1. The zero-order valence-corrected chi connectivity index (χ0v) is 12.0. The molecule has 118 valence electrons. The van der Waals surface area contributed by atoms with E-state index >= 15 is 0 Å². The van der Waals surface area contributed by atoms with Crippen LogP contribution in [0.5, 0.6) is 0 Å². The highest BCUT2D eigenvalue weighted by molar-refractivity contribution is 5.76. The Labute approximate surface area is 122 Å². The summed E-state index contributed by atoms with van der Waals surface area (Å²) in [5, 5.41) is 2.53. The quantitative estimate of drug-likeness (QED) is 0.750. The second kappa shape index (κ2) is 8.67. The van der Waals surface area contributed by atoms with E-state index in [0.29, 0.717) is 12.8 Å². The minimum Gasteiger partial charge on any atom is -0.370 e. The SMILES string of the molecule is CCc1ccc(CCC(=O)NCCOCC(F)(F)F)cc1. The predicted octanol–water partition coefficient (Wildman–Crippen LogP) is 2.88. The van der Waals surface area contributed by atoms with Crippen LogP contribution in [-0.2, 0) is 22.4 Å². The smallest absolute Gasteiger partial charge is 0.370 e. The number of hydrogen-bond donors (Lipinski definition) is 1. The highest BCUT2D eigenvalue weighted by atomic mass is 19.4. The van der Waals surface area contributed by atoms with E-state index in [9.17, 15) is 18.0 Å². The summed E-state index contributed by atoms with van der Waals surface area (Å²) in [6, 6.07) is 8.02. The van der Waals surface area contributed by atoms with Crippen LogP contribution in [0, 0.1) is 0 Å². The highest BCUT2D eigenvalue weighted by Crippen LogP contribution is 2.14. The van der Waals surface area contributed by atoms with Crippen LogP contribution in [0.15, 0.2) is 24.3 Å². The zero-order valence-electron chi connectivity index (χ0n) is 12.0. The molecule has 21 heavy (non-hydrogen) atoms. The molecule has 1 rings (SSSR count). The summed E-state index contributed by atoms with van der Waals surface area (Å²) in [6.07, 6.45) is -2.43. The van der Waals surface area contributed by atoms with Crippen molar-refractivity contribution < 1.29 is 22.7 Å². The maximum Gasteiger partial charge on any atom is 0.411 e. The Bertz CT molecular complexity index is 430. The standard InChI is InChI=1S/C15H20F3NO2/c1-2-12-3-5-13(6-4-12)7-8-14(20)19-9-10-21-11-15(16,17)18/h3-6H,2,7-11H2,1H3,(H,19,20). The summed E-state index contributed by atoms with van der Waals surface area (Å²) in [5.41, 5.74) is 2.31. The van der Waals surface area contributed by atoms with Crippen molar-refractivity contribution in [2.45, 2.75) is 32.4 Å².